The molecule has 1 heterocycles. The summed E-state index contributed by atoms with van der Waals surface area (Å²) < 4.78 is 10.8. The van der Waals surface area contributed by atoms with Gasteiger partial charge >= 0.3 is 5.97 Å². The Labute approximate surface area is 232 Å². The molecule has 0 aromatic rings. The second-order valence-corrected chi connectivity index (χ2v) is 10.8. The van der Waals surface area contributed by atoms with E-state index in [1.54, 1.807) is 25.7 Å². The number of hydrogen-bond donors (Lipinski definition) is 2. The highest BCUT2D eigenvalue weighted by Crippen LogP contribution is 2.20. The third-order valence-corrected chi connectivity index (χ3v) is 6.76. The Morgan fingerprint density at radius 2 is 1.49 bits per heavy atom. The first-order chi connectivity index (χ1) is 18.4. The zero-order valence-corrected chi connectivity index (χ0v) is 24.4. The van der Waals surface area contributed by atoms with Crippen LogP contribution in [0.1, 0.15) is 79.6 Å². The molecule has 0 aromatic carbocycles. The highest BCUT2D eigenvalue weighted by molar-refractivity contribution is 5.91. The van der Waals surface area contributed by atoms with Crippen LogP contribution < -0.4 is 5.32 Å². The van der Waals surface area contributed by atoms with Crippen molar-refractivity contribution in [3.63, 3.8) is 0 Å². The van der Waals surface area contributed by atoms with Crippen LogP contribution in [0.3, 0.4) is 0 Å². The number of aliphatic carboxylic acids is 1. The minimum atomic E-state index is -0.924. The second kappa shape index (κ2) is 18.7. The predicted octanol–water partition coefficient (Wildman–Crippen LogP) is 2.26. The van der Waals surface area contributed by atoms with Gasteiger partial charge in [0.1, 0.15) is 0 Å². The molecule has 0 saturated carbocycles. The molecule has 1 unspecified atom stereocenters. The number of nitrogens with zero attached hydrogens (tertiary/aromatic N) is 2. The Hall–Kier alpha value is -2.53. The molecule has 1 rings (SSSR count). The minimum Gasteiger partial charge on any atom is -0.481 e. The lowest BCUT2D eigenvalue weighted by Gasteiger charge is -2.39. The fourth-order valence-electron chi connectivity index (χ4n) is 4.40. The van der Waals surface area contributed by atoms with Gasteiger partial charge in [-0.05, 0) is 32.1 Å². The van der Waals surface area contributed by atoms with Crippen molar-refractivity contribution in [2.45, 2.75) is 91.6 Å². The zero-order valence-electron chi connectivity index (χ0n) is 24.4. The van der Waals surface area contributed by atoms with Gasteiger partial charge in [0.05, 0.1) is 38.9 Å². The number of carboxylic acid groups (broad SMARTS) is 1. The van der Waals surface area contributed by atoms with Gasteiger partial charge in [0.25, 0.3) is 0 Å². The Morgan fingerprint density at radius 1 is 0.872 bits per heavy atom. The number of rotatable bonds is 19. The van der Waals surface area contributed by atoms with E-state index < -0.39 is 12.0 Å². The van der Waals surface area contributed by atoms with Crippen LogP contribution in [0.4, 0.5) is 0 Å². The number of nitrogens with one attached hydrogen (secondary N) is 1. The lowest BCUT2D eigenvalue weighted by atomic mass is 10.0. The maximum Gasteiger partial charge on any atom is 0.305 e. The minimum absolute atomic E-state index is 0.0141. The summed E-state index contributed by atoms with van der Waals surface area (Å²) in [6, 6.07) is -0.668. The molecule has 11 nitrogen and oxygen atoms in total. The van der Waals surface area contributed by atoms with E-state index in [2.05, 4.69) is 19.2 Å². The molecule has 0 aliphatic carbocycles. The second-order valence-electron chi connectivity index (χ2n) is 10.8. The molecule has 1 atom stereocenters. The SMILES string of the molecule is CC(C)CCC(=O)N1CCC(N(CCOCCOCCC(=O)O)C(=O)CCC(=O)NC(C)C(=O)C(C)C)CC1. The van der Waals surface area contributed by atoms with E-state index in [4.69, 9.17) is 14.6 Å². The summed E-state index contributed by atoms with van der Waals surface area (Å²) in [5.41, 5.74) is 0. The van der Waals surface area contributed by atoms with Crippen molar-refractivity contribution in [1.29, 1.82) is 0 Å². The van der Waals surface area contributed by atoms with E-state index in [0.29, 0.717) is 44.8 Å². The maximum absolute atomic E-state index is 13.2. The molecule has 3 amide bonds. The zero-order chi connectivity index (χ0) is 29.4. The molecule has 39 heavy (non-hydrogen) atoms. The maximum atomic E-state index is 13.2. The fourth-order valence-corrected chi connectivity index (χ4v) is 4.40. The van der Waals surface area contributed by atoms with Crippen molar-refractivity contribution in [3.8, 4) is 0 Å². The number of amides is 3. The molecule has 1 aliphatic heterocycles. The van der Waals surface area contributed by atoms with Crippen molar-refractivity contribution >= 4 is 29.5 Å². The topological polar surface area (TPSA) is 143 Å². The largest absolute Gasteiger partial charge is 0.481 e. The molecule has 224 valence electrons. The van der Waals surface area contributed by atoms with E-state index in [0.717, 1.165) is 6.42 Å². The lowest BCUT2D eigenvalue weighted by Crippen LogP contribution is -2.50. The van der Waals surface area contributed by atoms with Gasteiger partial charge in [0.2, 0.25) is 17.7 Å². The van der Waals surface area contributed by atoms with E-state index in [1.165, 1.54) is 0 Å². The molecule has 0 bridgehead atoms. The average molecular weight is 556 g/mol. The van der Waals surface area contributed by atoms with Crippen LogP contribution in [-0.4, -0.2) is 103 Å². The number of ketones is 1. The molecule has 0 radical (unpaired) electrons. The third-order valence-electron chi connectivity index (χ3n) is 6.76. The number of carboxylic acids is 1. The lowest BCUT2D eigenvalue weighted by molar-refractivity contribution is -0.139. The Bertz CT molecular complexity index is 794. The number of carbonyl (C=O) groups excluding carboxylic acids is 4. The first kappa shape index (κ1) is 34.5. The third kappa shape index (κ3) is 14.4. The van der Waals surface area contributed by atoms with Crippen LogP contribution in [0.15, 0.2) is 0 Å². The van der Waals surface area contributed by atoms with Crippen molar-refractivity contribution in [2.75, 3.05) is 46.1 Å². The number of hydrogen-bond acceptors (Lipinski definition) is 7. The summed E-state index contributed by atoms with van der Waals surface area (Å²) in [5, 5.41) is 11.3. The van der Waals surface area contributed by atoms with Gasteiger partial charge in [-0.2, -0.15) is 0 Å². The summed E-state index contributed by atoms with van der Waals surface area (Å²) in [6.45, 7) is 11.8. The summed E-state index contributed by atoms with van der Waals surface area (Å²) in [4.78, 5) is 64.3. The fraction of sp³-hybridized carbons (Fsp3) is 0.821. The summed E-state index contributed by atoms with van der Waals surface area (Å²) in [5.74, 6) is -1.08. The van der Waals surface area contributed by atoms with Gasteiger partial charge in [-0.1, -0.05) is 27.7 Å². The van der Waals surface area contributed by atoms with E-state index >= 15 is 0 Å². The van der Waals surface area contributed by atoms with Gasteiger partial charge < -0.3 is 29.7 Å². The number of piperidine rings is 1. The standard InChI is InChI=1S/C28H49N3O8/c1-20(2)6-8-25(33)30-13-10-23(11-14-30)31(15-17-39-19-18-38-16-12-27(35)36)26(34)9-7-24(32)29-22(5)28(37)21(3)4/h20-23H,6-19H2,1-5H3,(H,29,32)(H,35,36). The van der Waals surface area contributed by atoms with Crippen molar-refractivity contribution < 1.29 is 38.6 Å². The van der Waals surface area contributed by atoms with Crippen LogP contribution in [0.2, 0.25) is 0 Å². The van der Waals surface area contributed by atoms with E-state index in [-0.39, 0.29) is 81.2 Å². The number of carbonyl (C=O) groups is 5. The molecule has 2 N–H and O–H groups in total. The van der Waals surface area contributed by atoms with Gasteiger partial charge in [0.15, 0.2) is 5.78 Å². The predicted molar refractivity (Wildman–Crippen MR) is 146 cm³/mol. The highest BCUT2D eigenvalue weighted by Gasteiger charge is 2.30. The number of likely N-dealkylation sites (tertiary alicyclic amines) is 1. The summed E-state index contributed by atoms with van der Waals surface area (Å²) in [7, 11) is 0. The summed E-state index contributed by atoms with van der Waals surface area (Å²) in [6.07, 6.45) is 2.62. The molecular weight excluding hydrogens is 506 g/mol. The van der Waals surface area contributed by atoms with Crippen LogP contribution >= 0.6 is 0 Å². The van der Waals surface area contributed by atoms with Gasteiger partial charge in [-0.3, -0.25) is 24.0 Å². The van der Waals surface area contributed by atoms with Gasteiger partial charge in [-0.15, -0.1) is 0 Å². The molecule has 1 saturated heterocycles. The Balaban J connectivity index is 2.63. The quantitative estimate of drug-likeness (QED) is 0.231. The van der Waals surface area contributed by atoms with Crippen molar-refractivity contribution in [2.24, 2.45) is 11.8 Å². The first-order valence-corrected chi connectivity index (χ1v) is 14.2. The summed E-state index contributed by atoms with van der Waals surface area (Å²) >= 11 is 0. The molecule has 11 heteroatoms. The van der Waals surface area contributed by atoms with E-state index in [9.17, 15) is 24.0 Å². The first-order valence-electron chi connectivity index (χ1n) is 14.2. The van der Waals surface area contributed by atoms with Crippen molar-refractivity contribution in [1.82, 2.24) is 15.1 Å². The normalized spacial score (nSPS) is 14.9. The number of Topliss-reactive ketones (excluding diaryl/α,β-unsaturated/α-hetero) is 1. The van der Waals surface area contributed by atoms with Crippen LogP contribution in [0.25, 0.3) is 0 Å². The molecule has 1 fully saturated rings. The number of ether oxygens (including phenoxy) is 2. The molecule has 0 aromatic heterocycles. The van der Waals surface area contributed by atoms with Crippen molar-refractivity contribution in [3.05, 3.63) is 0 Å². The molecule has 0 spiro atoms. The van der Waals surface area contributed by atoms with Crippen LogP contribution in [0.5, 0.6) is 0 Å². The Morgan fingerprint density at radius 3 is 2.05 bits per heavy atom. The van der Waals surface area contributed by atoms with Crippen LogP contribution in [-0.2, 0) is 33.4 Å². The monoisotopic (exact) mass is 555 g/mol. The van der Waals surface area contributed by atoms with Gasteiger partial charge in [0, 0.05) is 50.9 Å². The molecular formula is C28H49N3O8. The smallest absolute Gasteiger partial charge is 0.305 e. The van der Waals surface area contributed by atoms with E-state index in [1.807, 2.05) is 4.90 Å². The highest BCUT2D eigenvalue weighted by atomic mass is 16.5. The average Bonchev–Trinajstić information content (AvgIpc) is 2.88. The Kier molecular flexibility index (Phi) is 16.5. The van der Waals surface area contributed by atoms with Gasteiger partial charge in [-0.25, -0.2) is 0 Å². The van der Waals surface area contributed by atoms with Crippen LogP contribution in [0, 0.1) is 11.8 Å². The molecule has 1 aliphatic rings.